The average molecular weight is 275 g/mol. The lowest BCUT2D eigenvalue weighted by Crippen LogP contribution is -2.44. The molecule has 1 aliphatic rings. The number of hydrogen-bond acceptors (Lipinski definition) is 4. The molecule has 1 fully saturated rings. The van der Waals surface area contributed by atoms with Gasteiger partial charge in [-0.15, -0.1) is 11.3 Å². The van der Waals surface area contributed by atoms with E-state index in [2.05, 4.69) is 16.6 Å². The molecule has 0 radical (unpaired) electrons. The van der Waals surface area contributed by atoms with Gasteiger partial charge in [-0.25, -0.2) is 4.98 Å². The second-order valence-corrected chi connectivity index (χ2v) is 6.86. The summed E-state index contributed by atoms with van der Waals surface area (Å²) in [4.78, 5) is 4.05. The molecule has 0 aliphatic carbocycles. The van der Waals surface area contributed by atoms with Crippen LogP contribution in [0.25, 0.3) is 0 Å². The molecule has 1 N–H and O–H groups in total. The lowest BCUT2D eigenvalue weighted by molar-refractivity contribution is 0.285. The maximum atomic E-state index is 12.0. The SMILES string of the molecule is CC1CCN(S(=O)(=O)NCc2cscn2)CC1. The number of hydrogen-bond donors (Lipinski definition) is 1. The molecule has 0 unspecified atom stereocenters. The van der Waals surface area contributed by atoms with E-state index < -0.39 is 10.2 Å². The Balaban J connectivity index is 1.90. The lowest BCUT2D eigenvalue weighted by Gasteiger charge is -2.29. The number of nitrogens with zero attached hydrogens (tertiary/aromatic N) is 2. The number of piperidine rings is 1. The van der Waals surface area contributed by atoms with Gasteiger partial charge in [-0.05, 0) is 18.8 Å². The number of thiazole rings is 1. The second-order valence-electron chi connectivity index (χ2n) is 4.39. The van der Waals surface area contributed by atoms with Crippen molar-refractivity contribution < 1.29 is 8.42 Å². The van der Waals surface area contributed by atoms with Crippen LogP contribution >= 0.6 is 11.3 Å². The van der Waals surface area contributed by atoms with E-state index in [0.717, 1.165) is 18.5 Å². The summed E-state index contributed by atoms with van der Waals surface area (Å²) in [6.07, 6.45) is 1.88. The standard InChI is InChI=1S/C10H17N3O2S2/c1-9-2-4-13(5-3-9)17(14,15)12-6-10-7-16-8-11-10/h7-9,12H,2-6H2,1H3. The Hall–Kier alpha value is -0.500. The van der Waals surface area contributed by atoms with Gasteiger partial charge in [0, 0.05) is 18.5 Å². The minimum absolute atomic E-state index is 0.276. The van der Waals surface area contributed by atoms with Gasteiger partial charge in [0.2, 0.25) is 0 Å². The van der Waals surface area contributed by atoms with E-state index in [0.29, 0.717) is 19.0 Å². The van der Waals surface area contributed by atoms with Crippen molar-refractivity contribution in [2.45, 2.75) is 26.3 Å². The highest BCUT2D eigenvalue weighted by atomic mass is 32.2. The largest absolute Gasteiger partial charge is 0.279 e. The zero-order valence-electron chi connectivity index (χ0n) is 9.80. The first kappa shape index (κ1) is 12.9. The summed E-state index contributed by atoms with van der Waals surface area (Å²) in [5, 5.41) is 1.85. The van der Waals surface area contributed by atoms with Crippen molar-refractivity contribution in [1.29, 1.82) is 0 Å². The van der Waals surface area contributed by atoms with Gasteiger partial charge in [-0.2, -0.15) is 17.4 Å². The van der Waals surface area contributed by atoms with Crippen molar-refractivity contribution in [3.63, 3.8) is 0 Å². The summed E-state index contributed by atoms with van der Waals surface area (Å²) < 4.78 is 28.1. The van der Waals surface area contributed by atoms with Crippen LogP contribution in [0.15, 0.2) is 10.9 Å². The van der Waals surface area contributed by atoms with Crippen molar-refractivity contribution >= 4 is 21.5 Å². The van der Waals surface area contributed by atoms with Crippen LogP contribution in [0.5, 0.6) is 0 Å². The van der Waals surface area contributed by atoms with Gasteiger partial charge in [0.1, 0.15) is 0 Å². The molecule has 5 nitrogen and oxygen atoms in total. The summed E-state index contributed by atoms with van der Waals surface area (Å²) in [5.74, 6) is 0.625. The van der Waals surface area contributed by atoms with Gasteiger partial charge >= 0.3 is 0 Å². The third kappa shape index (κ3) is 3.48. The Labute approximate surface area is 106 Å². The van der Waals surface area contributed by atoms with E-state index in [1.807, 2.05) is 5.38 Å². The van der Waals surface area contributed by atoms with Crippen molar-refractivity contribution in [1.82, 2.24) is 14.0 Å². The Kier molecular flexibility index (Phi) is 4.13. The third-order valence-electron chi connectivity index (χ3n) is 3.00. The molecule has 1 aromatic rings. The molecule has 17 heavy (non-hydrogen) atoms. The molecule has 1 aliphatic heterocycles. The maximum Gasteiger partial charge on any atom is 0.279 e. The Morgan fingerprint density at radius 2 is 2.24 bits per heavy atom. The van der Waals surface area contributed by atoms with Gasteiger partial charge in [-0.3, -0.25) is 0 Å². The highest BCUT2D eigenvalue weighted by Gasteiger charge is 2.25. The summed E-state index contributed by atoms with van der Waals surface area (Å²) in [6.45, 7) is 3.67. The molecule has 0 aromatic carbocycles. The number of nitrogens with one attached hydrogen (secondary N) is 1. The van der Waals surface area contributed by atoms with Gasteiger partial charge in [-0.1, -0.05) is 6.92 Å². The van der Waals surface area contributed by atoms with Crippen LogP contribution in [0.2, 0.25) is 0 Å². The van der Waals surface area contributed by atoms with E-state index in [4.69, 9.17) is 0 Å². The molecule has 1 aromatic heterocycles. The van der Waals surface area contributed by atoms with E-state index in [-0.39, 0.29) is 6.54 Å². The van der Waals surface area contributed by atoms with Crippen LogP contribution in [0.3, 0.4) is 0 Å². The molecular formula is C10H17N3O2S2. The molecule has 0 atom stereocenters. The van der Waals surface area contributed by atoms with Crippen LogP contribution in [0.1, 0.15) is 25.5 Å². The average Bonchev–Trinajstić information content (AvgIpc) is 2.80. The molecule has 1 saturated heterocycles. The van der Waals surface area contributed by atoms with Gasteiger partial charge in [0.15, 0.2) is 0 Å². The van der Waals surface area contributed by atoms with Crippen molar-refractivity contribution in [2.75, 3.05) is 13.1 Å². The van der Waals surface area contributed by atoms with Crippen LogP contribution in [0.4, 0.5) is 0 Å². The molecule has 96 valence electrons. The van der Waals surface area contributed by atoms with E-state index in [9.17, 15) is 8.42 Å². The highest BCUT2D eigenvalue weighted by molar-refractivity contribution is 7.87. The van der Waals surface area contributed by atoms with Gasteiger partial charge < -0.3 is 0 Å². The van der Waals surface area contributed by atoms with Crippen LogP contribution in [-0.4, -0.2) is 30.8 Å². The first-order chi connectivity index (χ1) is 8.08. The summed E-state index contributed by atoms with van der Waals surface area (Å²) >= 11 is 1.47. The normalized spacial score (nSPS) is 19.6. The summed E-state index contributed by atoms with van der Waals surface area (Å²) in [7, 11) is -3.33. The molecule has 0 saturated carbocycles. The fraction of sp³-hybridized carbons (Fsp3) is 0.700. The molecule has 7 heteroatoms. The number of aromatic nitrogens is 1. The fourth-order valence-electron chi connectivity index (χ4n) is 1.81. The molecule has 2 heterocycles. The van der Waals surface area contributed by atoms with Crippen LogP contribution in [-0.2, 0) is 16.8 Å². The molecule has 0 amide bonds. The molecule has 2 rings (SSSR count). The van der Waals surface area contributed by atoms with Crippen LogP contribution in [0, 0.1) is 5.92 Å². The minimum atomic E-state index is -3.33. The lowest BCUT2D eigenvalue weighted by atomic mass is 10.0. The topological polar surface area (TPSA) is 62.3 Å². The predicted molar refractivity (Wildman–Crippen MR) is 67.8 cm³/mol. The van der Waals surface area contributed by atoms with Gasteiger partial charge in [0.25, 0.3) is 10.2 Å². The molecular weight excluding hydrogens is 258 g/mol. The number of rotatable bonds is 4. The first-order valence-electron chi connectivity index (χ1n) is 5.70. The van der Waals surface area contributed by atoms with Crippen molar-refractivity contribution in [3.8, 4) is 0 Å². The van der Waals surface area contributed by atoms with Crippen LogP contribution < -0.4 is 4.72 Å². The van der Waals surface area contributed by atoms with E-state index >= 15 is 0 Å². The Bertz CT molecular complexity index is 436. The Morgan fingerprint density at radius 3 is 2.82 bits per heavy atom. The second kappa shape index (κ2) is 5.43. The van der Waals surface area contributed by atoms with Crippen molar-refractivity contribution in [3.05, 3.63) is 16.6 Å². The first-order valence-corrected chi connectivity index (χ1v) is 8.08. The predicted octanol–water partition coefficient (Wildman–Crippen LogP) is 1.21. The van der Waals surface area contributed by atoms with E-state index in [1.165, 1.54) is 15.6 Å². The quantitative estimate of drug-likeness (QED) is 0.898. The monoisotopic (exact) mass is 275 g/mol. The van der Waals surface area contributed by atoms with Crippen molar-refractivity contribution in [2.24, 2.45) is 5.92 Å². The third-order valence-corrected chi connectivity index (χ3v) is 5.19. The summed E-state index contributed by atoms with van der Waals surface area (Å²) in [6, 6.07) is 0. The summed E-state index contributed by atoms with van der Waals surface area (Å²) in [5.41, 5.74) is 2.47. The fourth-order valence-corrected chi connectivity index (χ4v) is 3.57. The van der Waals surface area contributed by atoms with E-state index in [1.54, 1.807) is 5.51 Å². The molecule has 0 bridgehead atoms. The Morgan fingerprint density at radius 1 is 1.53 bits per heavy atom. The minimum Gasteiger partial charge on any atom is -0.248 e. The smallest absolute Gasteiger partial charge is 0.248 e. The maximum absolute atomic E-state index is 12.0. The van der Waals surface area contributed by atoms with Gasteiger partial charge in [0.05, 0.1) is 17.7 Å². The molecule has 0 spiro atoms. The zero-order valence-corrected chi connectivity index (χ0v) is 11.4. The zero-order chi connectivity index (χ0) is 12.3. The highest BCUT2D eigenvalue weighted by Crippen LogP contribution is 2.18.